The molecule has 2 N–H and O–H groups in total. The predicted molar refractivity (Wildman–Crippen MR) is 84.3 cm³/mol. The molecular weight excluding hydrogens is 317 g/mol. The topological polar surface area (TPSA) is 92.8 Å². The van der Waals surface area contributed by atoms with Crippen molar-refractivity contribution in [1.29, 1.82) is 0 Å². The number of halogens is 1. The third-order valence-corrected chi connectivity index (χ3v) is 5.43. The van der Waals surface area contributed by atoms with Gasteiger partial charge in [-0.1, -0.05) is 19.3 Å². The highest BCUT2D eigenvalue weighted by Crippen LogP contribution is 2.47. The lowest BCUT2D eigenvalue weighted by molar-refractivity contribution is -0.386. The fraction of sp³-hybridized carbons (Fsp3) is 0.647. The minimum atomic E-state index is -1.47. The van der Waals surface area contributed by atoms with E-state index in [1.54, 1.807) is 0 Å². The van der Waals surface area contributed by atoms with Crippen LogP contribution in [-0.4, -0.2) is 32.4 Å². The van der Waals surface area contributed by atoms with E-state index in [1.165, 1.54) is 0 Å². The van der Waals surface area contributed by atoms with Crippen LogP contribution in [0.3, 0.4) is 0 Å². The number of nitrogens with zero attached hydrogens (tertiary/aromatic N) is 1. The Balaban J connectivity index is 1.93. The Kier molecular flexibility index (Phi) is 4.48. The average Bonchev–Trinajstić information content (AvgIpc) is 2.98. The Hall–Kier alpha value is -1.73. The van der Waals surface area contributed by atoms with Gasteiger partial charge >= 0.3 is 5.69 Å². The van der Waals surface area contributed by atoms with E-state index in [0.29, 0.717) is 25.7 Å². The van der Waals surface area contributed by atoms with Crippen molar-refractivity contribution in [3.05, 3.63) is 34.1 Å². The average molecular weight is 339 g/mol. The molecule has 2 atom stereocenters. The molecule has 7 heteroatoms. The quantitative estimate of drug-likeness (QED) is 0.649. The number of benzene rings is 1. The normalized spacial score (nSPS) is 29.4. The maximum Gasteiger partial charge on any atom is 0.311 e. The van der Waals surface area contributed by atoms with Crippen LogP contribution in [0.2, 0.25) is 0 Å². The summed E-state index contributed by atoms with van der Waals surface area (Å²) in [6.07, 6.45) is 4.19. The molecule has 0 heterocycles. The number of ether oxygens (including phenoxy) is 1. The fourth-order valence-electron chi connectivity index (χ4n) is 4.09. The van der Waals surface area contributed by atoms with Crippen molar-refractivity contribution in [3.63, 3.8) is 0 Å². The second kappa shape index (κ2) is 6.29. The van der Waals surface area contributed by atoms with Crippen LogP contribution in [0.25, 0.3) is 0 Å². The number of hydrogen-bond donors (Lipinski definition) is 2. The predicted octanol–water partition coefficient (Wildman–Crippen LogP) is 3.09. The van der Waals surface area contributed by atoms with Crippen molar-refractivity contribution in [2.24, 2.45) is 0 Å². The second-order valence-corrected chi connectivity index (χ2v) is 6.88. The molecular formula is C17H22FNO5. The number of nitro benzene ring substituents is 1. The summed E-state index contributed by atoms with van der Waals surface area (Å²) in [7, 11) is 0. The van der Waals surface area contributed by atoms with Crippen molar-refractivity contribution in [1.82, 2.24) is 0 Å². The SMILES string of the molecule is O=[N+]([O-])c1ccc(F)cc1OC1CCCCC1(O)C1(O)CCCC1. The Morgan fingerprint density at radius 2 is 1.83 bits per heavy atom. The number of hydrogen-bond acceptors (Lipinski definition) is 5. The summed E-state index contributed by atoms with van der Waals surface area (Å²) in [6.45, 7) is 0. The van der Waals surface area contributed by atoms with Crippen LogP contribution in [0, 0.1) is 15.9 Å². The molecule has 0 bridgehead atoms. The van der Waals surface area contributed by atoms with Gasteiger partial charge in [0.05, 0.1) is 10.5 Å². The first-order valence-electron chi connectivity index (χ1n) is 8.41. The maximum absolute atomic E-state index is 13.5. The Bertz CT molecular complexity index is 631. The zero-order chi connectivity index (χ0) is 17.4. The number of aliphatic hydroxyl groups is 2. The number of nitro groups is 1. The maximum atomic E-state index is 13.5. The van der Waals surface area contributed by atoms with E-state index in [9.17, 15) is 24.7 Å². The molecule has 132 valence electrons. The van der Waals surface area contributed by atoms with Gasteiger partial charge < -0.3 is 14.9 Å². The van der Waals surface area contributed by atoms with Gasteiger partial charge in [-0.2, -0.15) is 0 Å². The van der Waals surface area contributed by atoms with E-state index >= 15 is 0 Å². The highest BCUT2D eigenvalue weighted by molar-refractivity contribution is 5.46. The van der Waals surface area contributed by atoms with Crippen LogP contribution >= 0.6 is 0 Å². The fourth-order valence-corrected chi connectivity index (χ4v) is 4.09. The van der Waals surface area contributed by atoms with Crippen LogP contribution in [0.5, 0.6) is 5.75 Å². The highest BCUT2D eigenvalue weighted by atomic mass is 19.1. The molecule has 2 aliphatic rings. The van der Waals surface area contributed by atoms with E-state index in [2.05, 4.69) is 0 Å². The molecule has 2 saturated carbocycles. The van der Waals surface area contributed by atoms with Crippen LogP contribution in [0.4, 0.5) is 10.1 Å². The van der Waals surface area contributed by atoms with Gasteiger partial charge in [-0.25, -0.2) is 4.39 Å². The summed E-state index contributed by atoms with van der Waals surface area (Å²) in [5.74, 6) is -0.846. The molecule has 1 aromatic rings. The molecule has 2 unspecified atom stereocenters. The van der Waals surface area contributed by atoms with Gasteiger partial charge in [-0.05, 0) is 38.2 Å². The van der Waals surface area contributed by atoms with Gasteiger partial charge in [0, 0.05) is 12.1 Å². The second-order valence-electron chi connectivity index (χ2n) is 6.88. The molecule has 0 saturated heterocycles. The van der Waals surface area contributed by atoms with Crippen LogP contribution < -0.4 is 4.74 Å². The van der Waals surface area contributed by atoms with Crippen molar-refractivity contribution >= 4 is 5.69 Å². The van der Waals surface area contributed by atoms with E-state index < -0.39 is 28.0 Å². The van der Waals surface area contributed by atoms with Crippen LogP contribution in [-0.2, 0) is 0 Å². The summed E-state index contributed by atoms with van der Waals surface area (Å²) in [6, 6.07) is 3.02. The van der Waals surface area contributed by atoms with Gasteiger partial charge in [0.15, 0.2) is 5.75 Å². The first-order chi connectivity index (χ1) is 11.4. The standard InChI is InChI=1S/C17H22FNO5/c18-12-6-7-13(19(22)23)14(11-12)24-15-5-1-2-10-17(15,21)16(20)8-3-4-9-16/h6-7,11,15,20-21H,1-5,8-10H2. The minimum absolute atomic E-state index is 0.202. The molecule has 0 amide bonds. The first kappa shape index (κ1) is 17.1. The first-order valence-corrected chi connectivity index (χ1v) is 8.41. The Morgan fingerprint density at radius 3 is 2.50 bits per heavy atom. The molecule has 0 aromatic heterocycles. The zero-order valence-corrected chi connectivity index (χ0v) is 13.4. The number of rotatable bonds is 4. The molecule has 3 rings (SSSR count). The Morgan fingerprint density at radius 1 is 1.17 bits per heavy atom. The van der Waals surface area contributed by atoms with Gasteiger partial charge in [0.2, 0.25) is 0 Å². The van der Waals surface area contributed by atoms with Crippen molar-refractivity contribution < 1.29 is 24.3 Å². The Labute approximate surface area is 139 Å². The molecule has 2 fully saturated rings. The van der Waals surface area contributed by atoms with E-state index in [4.69, 9.17) is 4.74 Å². The molecule has 1 aromatic carbocycles. The molecule has 6 nitrogen and oxygen atoms in total. The molecule has 0 aliphatic heterocycles. The summed E-state index contributed by atoms with van der Waals surface area (Å²) in [5, 5.41) is 33.3. The lowest BCUT2D eigenvalue weighted by Crippen LogP contribution is -2.62. The summed E-state index contributed by atoms with van der Waals surface area (Å²) in [4.78, 5) is 10.5. The largest absolute Gasteiger partial charge is 0.480 e. The lowest BCUT2D eigenvalue weighted by Gasteiger charge is -2.48. The summed E-state index contributed by atoms with van der Waals surface area (Å²) >= 11 is 0. The van der Waals surface area contributed by atoms with Crippen molar-refractivity contribution in [2.75, 3.05) is 0 Å². The summed E-state index contributed by atoms with van der Waals surface area (Å²) in [5.41, 5.74) is -3.06. The lowest BCUT2D eigenvalue weighted by atomic mass is 9.70. The zero-order valence-electron chi connectivity index (χ0n) is 13.4. The van der Waals surface area contributed by atoms with Gasteiger partial charge in [-0.15, -0.1) is 0 Å². The smallest absolute Gasteiger partial charge is 0.311 e. The molecule has 24 heavy (non-hydrogen) atoms. The van der Waals surface area contributed by atoms with E-state index in [1.807, 2.05) is 0 Å². The van der Waals surface area contributed by atoms with Gasteiger partial charge in [-0.3, -0.25) is 10.1 Å². The monoisotopic (exact) mass is 339 g/mol. The van der Waals surface area contributed by atoms with Crippen LogP contribution in [0.15, 0.2) is 18.2 Å². The molecule has 0 spiro atoms. The molecule has 0 radical (unpaired) electrons. The van der Waals surface area contributed by atoms with Crippen molar-refractivity contribution in [2.45, 2.75) is 68.7 Å². The molecule has 2 aliphatic carbocycles. The highest BCUT2D eigenvalue weighted by Gasteiger charge is 2.57. The van der Waals surface area contributed by atoms with E-state index in [0.717, 1.165) is 43.9 Å². The summed E-state index contributed by atoms with van der Waals surface area (Å²) < 4.78 is 19.2. The van der Waals surface area contributed by atoms with E-state index in [-0.39, 0.29) is 11.4 Å². The van der Waals surface area contributed by atoms with Crippen LogP contribution in [0.1, 0.15) is 51.4 Å². The van der Waals surface area contributed by atoms with Crippen molar-refractivity contribution in [3.8, 4) is 5.75 Å². The van der Waals surface area contributed by atoms with Gasteiger partial charge in [0.1, 0.15) is 17.5 Å². The minimum Gasteiger partial charge on any atom is -0.480 e. The third kappa shape index (κ3) is 2.86. The third-order valence-electron chi connectivity index (χ3n) is 5.43. The van der Waals surface area contributed by atoms with Gasteiger partial charge in [0.25, 0.3) is 0 Å².